The zero-order valence-corrected chi connectivity index (χ0v) is 17.7. The number of hydrogen-bond acceptors (Lipinski definition) is 6. The van der Waals surface area contributed by atoms with E-state index in [4.69, 9.17) is 25.5 Å². The van der Waals surface area contributed by atoms with Crippen molar-refractivity contribution in [2.45, 2.75) is 6.04 Å². The van der Waals surface area contributed by atoms with Gasteiger partial charge in [0, 0.05) is 11.8 Å². The molecule has 0 spiro atoms. The number of halogens is 2. The van der Waals surface area contributed by atoms with Gasteiger partial charge in [-0.25, -0.2) is 4.39 Å². The first-order valence-electron chi connectivity index (χ1n) is 9.39. The molecule has 9 heteroatoms. The lowest BCUT2D eigenvalue weighted by Crippen LogP contribution is -2.29. The van der Waals surface area contributed by atoms with Gasteiger partial charge in [-0.3, -0.25) is 14.5 Å². The highest BCUT2D eigenvalue weighted by atomic mass is 35.5. The van der Waals surface area contributed by atoms with E-state index in [0.29, 0.717) is 5.75 Å². The molecule has 0 radical (unpaired) electrons. The normalized spacial score (nSPS) is 17.6. The fraction of sp³-hybridized carbons (Fsp3) is 0.130. The summed E-state index contributed by atoms with van der Waals surface area (Å²) >= 11 is 6.22. The Labute approximate surface area is 187 Å². The number of anilines is 1. The number of ketones is 1. The molecular formula is C23H17ClFNO6. The van der Waals surface area contributed by atoms with Gasteiger partial charge in [-0.1, -0.05) is 17.7 Å². The number of aliphatic hydroxyl groups excluding tert-OH is 1. The lowest BCUT2D eigenvalue weighted by molar-refractivity contribution is -0.132. The van der Waals surface area contributed by atoms with Gasteiger partial charge < -0.3 is 19.0 Å². The fourth-order valence-electron chi connectivity index (χ4n) is 3.63. The minimum absolute atomic E-state index is 0.0760. The lowest BCUT2D eigenvalue weighted by atomic mass is 9.98. The topological polar surface area (TPSA) is 89.2 Å². The first-order chi connectivity index (χ1) is 15.4. The monoisotopic (exact) mass is 457 g/mol. The van der Waals surface area contributed by atoms with E-state index in [-0.39, 0.29) is 33.4 Å². The van der Waals surface area contributed by atoms with Crippen molar-refractivity contribution in [3.8, 4) is 11.5 Å². The molecule has 1 amide bonds. The van der Waals surface area contributed by atoms with Crippen molar-refractivity contribution in [3.05, 3.63) is 82.5 Å². The summed E-state index contributed by atoms with van der Waals surface area (Å²) in [6, 6.07) is 10.0. The Kier molecular flexibility index (Phi) is 5.63. The standard InChI is InChI=1S/C23H17ClFNO6/c1-30-17-11-18(31-2)15(24)10-14(17)21(27)19-20(16-7-4-8-32-16)26(23(29)22(19)28)13-6-3-5-12(25)9-13/h3-11,20,27H,1-2H3/b21-19-. The number of rotatable bonds is 5. The van der Waals surface area contributed by atoms with Crippen LogP contribution in [0.4, 0.5) is 10.1 Å². The van der Waals surface area contributed by atoms with E-state index in [1.54, 1.807) is 12.1 Å². The van der Waals surface area contributed by atoms with Gasteiger partial charge in [-0.2, -0.15) is 0 Å². The molecule has 7 nitrogen and oxygen atoms in total. The van der Waals surface area contributed by atoms with Gasteiger partial charge in [0.05, 0.1) is 36.6 Å². The minimum atomic E-state index is -1.14. The summed E-state index contributed by atoms with van der Waals surface area (Å²) in [4.78, 5) is 27.1. The molecule has 32 heavy (non-hydrogen) atoms. The summed E-state index contributed by atoms with van der Waals surface area (Å²) in [6.45, 7) is 0. The first kappa shape index (κ1) is 21.5. The van der Waals surface area contributed by atoms with Crippen LogP contribution in [0.5, 0.6) is 11.5 Å². The van der Waals surface area contributed by atoms with Crippen molar-refractivity contribution in [1.29, 1.82) is 0 Å². The predicted octanol–water partition coefficient (Wildman–Crippen LogP) is 4.72. The molecule has 3 aromatic rings. The molecule has 2 aromatic carbocycles. The molecule has 1 aromatic heterocycles. The number of carbonyl (C=O) groups is 2. The maximum atomic E-state index is 13.9. The van der Waals surface area contributed by atoms with Crippen LogP contribution in [0.15, 0.2) is 64.8 Å². The van der Waals surface area contributed by atoms with E-state index in [1.807, 2.05) is 0 Å². The summed E-state index contributed by atoms with van der Waals surface area (Å²) in [7, 11) is 2.79. The molecule has 0 aliphatic carbocycles. The number of methoxy groups -OCH3 is 2. The Balaban J connectivity index is 1.96. The molecule has 164 valence electrons. The van der Waals surface area contributed by atoms with Gasteiger partial charge in [0.1, 0.15) is 34.9 Å². The van der Waals surface area contributed by atoms with E-state index >= 15 is 0 Å². The number of carbonyl (C=O) groups excluding carboxylic acids is 2. The lowest BCUT2D eigenvalue weighted by Gasteiger charge is -2.23. The Morgan fingerprint density at radius 1 is 1.09 bits per heavy atom. The van der Waals surface area contributed by atoms with Crippen LogP contribution < -0.4 is 14.4 Å². The highest BCUT2D eigenvalue weighted by Gasteiger charge is 2.48. The number of ether oxygens (including phenoxy) is 2. The Morgan fingerprint density at radius 3 is 2.47 bits per heavy atom. The smallest absolute Gasteiger partial charge is 0.300 e. The summed E-state index contributed by atoms with van der Waals surface area (Å²) in [5.74, 6) is -2.37. The molecular weight excluding hydrogens is 441 g/mol. The van der Waals surface area contributed by atoms with Crippen LogP contribution in [-0.4, -0.2) is 31.0 Å². The zero-order valence-electron chi connectivity index (χ0n) is 17.0. The third-order valence-electron chi connectivity index (χ3n) is 5.07. The number of hydrogen-bond donors (Lipinski definition) is 1. The van der Waals surface area contributed by atoms with Crippen LogP contribution in [0.3, 0.4) is 0 Å². The van der Waals surface area contributed by atoms with Crippen LogP contribution in [0.25, 0.3) is 5.76 Å². The second-order valence-electron chi connectivity index (χ2n) is 6.85. The van der Waals surface area contributed by atoms with E-state index in [1.165, 1.54) is 50.8 Å². The molecule has 2 heterocycles. The van der Waals surface area contributed by atoms with Crippen molar-refractivity contribution in [2.75, 3.05) is 19.1 Å². The molecule has 1 fully saturated rings. The summed E-state index contributed by atoms with van der Waals surface area (Å²) in [6.07, 6.45) is 1.37. The van der Waals surface area contributed by atoms with Crippen LogP contribution >= 0.6 is 11.6 Å². The molecule has 1 N–H and O–H groups in total. The van der Waals surface area contributed by atoms with Crippen molar-refractivity contribution in [2.24, 2.45) is 0 Å². The third-order valence-corrected chi connectivity index (χ3v) is 5.37. The molecule has 0 bridgehead atoms. The maximum absolute atomic E-state index is 13.9. The predicted molar refractivity (Wildman–Crippen MR) is 114 cm³/mol. The Hall–Kier alpha value is -3.78. The third kappa shape index (κ3) is 3.48. The van der Waals surface area contributed by atoms with Crippen molar-refractivity contribution in [1.82, 2.24) is 0 Å². The van der Waals surface area contributed by atoms with Crippen LogP contribution in [0, 0.1) is 5.82 Å². The maximum Gasteiger partial charge on any atom is 0.300 e. The van der Waals surface area contributed by atoms with Gasteiger partial charge >= 0.3 is 0 Å². The highest BCUT2D eigenvalue weighted by molar-refractivity contribution is 6.51. The number of furan rings is 1. The molecule has 1 aliphatic heterocycles. The first-order valence-corrected chi connectivity index (χ1v) is 9.77. The molecule has 0 saturated carbocycles. The molecule has 1 aliphatic rings. The van der Waals surface area contributed by atoms with Gasteiger partial charge in [0.15, 0.2) is 0 Å². The van der Waals surface area contributed by atoms with E-state index in [9.17, 15) is 19.1 Å². The van der Waals surface area contributed by atoms with E-state index < -0.39 is 29.3 Å². The second-order valence-corrected chi connectivity index (χ2v) is 7.26. The largest absolute Gasteiger partial charge is 0.507 e. The van der Waals surface area contributed by atoms with E-state index in [0.717, 1.165) is 11.0 Å². The summed E-state index contributed by atoms with van der Waals surface area (Å²) in [5.41, 5.74) is -0.0480. The molecule has 4 rings (SSSR count). The number of aliphatic hydroxyl groups is 1. The van der Waals surface area contributed by atoms with Crippen LogP contribution in [0.2, 0.25) is 5.02 Å². The highest BCUT2D eigenvalue weighted by Crippen LogP contribution is 2.44. The fourth-order valence-corrected chi connectivity index (χ4v) is 3.87. The molecule has 1 unspecified atom stereocenters. The Bertz CT molecular complexity index is 1240. The van der Waals surface area contributed by atoms with Crippen molar-refractivity contribution in [3.63, 3.8) is 0 Å². The molecule has 1 saturated heterocycles. The number of benzene rings is 2. The van der Waals surface area contributed by atoms with Gasteiger partial charge in [0.2, 0.25) is 0 Å². The van der Waals surface area contributed by atoms with Gasteiger partial charge in [-0.15, -0.1) is 0 Å². The van der Waals surface area contributed by atoms with Crippen molar-refractivity contribution >= 4 is 34.7 Å². The quantitative estimate of drug-likeness (QED) is 0.339. The van der Waals surface area contributed by atoms with Gasteiger partial charge in [0.25, 0.3) is 11.7 Å². The van der Waals surface area contributed by atoms with Crippen LogP contribution in [-0.2, 0) is 9.59 Å². The average Bonchev–Trinajstić information content (AvgIpc) is 3.40. The zero-order chi connectivity index (χ0) is 23.0. The SMILES string of the molecule is COc1cc(OC)c(/C(O)=C2/C(=O)C(=O)N(c3cccc(F)c3)C2c2ccco2)cc1Cl. The van der Waals surface area contributed by atoms with Crippen molar-refractivity contribution < 1.29 is 33.0 Å². The van der Waals surface area contributed by atoms with E-state index in [2.05, 4.69) is 0 Å². The number of amides is 1. The van der Waals surface area contributed by atoms with Gasteiger partial charge in [-0.05, 0) is 36.4 Å². The molecule has 1 atom stereocenters. The summed E-state index contributed by atoms with van der Waals surface area (Å²) < 4.78 is 29.9. The summed E-state index contributed by atoms with van der Waals surface area (Å²) in [5, 5.41) is 11.3. The number of nitrogens with zero attached hydrogens (tertiary/aromatic N) is 1. The second kappa shape index (κ2) is 8.39. The van der Waals surface area contributed by atoms with Crippen LogP contribution in [0.1, 0.15) is 17.4 Å². The average molecular weight is 458 g/mol. The number of Topliss-reactive ketones (excluding diaryl/α,β-unsaturated/α-hetero) is 1. The minimum Gasteiger partial charge on any atom is -0.507 e. The Morgan fingerprint density at radius 2 is 1.84 bits per heavy atom.